The number of hydrogen-bond acceptors (Lipinski definition) is 4. The maximum absolute atomic E-state index is 12.3. The highest BCUT2D eigenvalue weighted by Gasteiger charge is 2.17. The monoisotopic (exact) mass is 344 g/mol. The smallest absolute Gasteiger partial charge is 0.224 e. The highest BCUT2D eigenvalue weighted by molar-refractivity contribution is 7.98. The van der Waals surface area contributed by atoms with Crippen LogP contribution in [0.4, 0.5) is 0 Å². The summed E-state index contributed by atoms with van der Waals surface area (Å²) in [6, 6.07) is 8.14. The van der Waals surface area contributed by atoms with E-state index in [0.717, 1.165) is 16.7 Å². The fraction of sp³-hybridized carbons (Fsp3) is 0.533. The average molecular weight is 345 g/mol. The summed E-state index contributed by atoms with van der Waals surface area (Å²) >= 11 is 1.66. The second-order valence-electron chi connectivity index (χ2n) is 5.38. The Balaban J connectivity index is 2.70. The predicted octanol–water partition coefficient (Wildman–Crippen LogP) is 2.08. The molecular weight excluding hydrogens is 320 g/mol. The Morgan fingerprint density at radius 3 is 2.59 bits per heavy atom. The van der Waals surface area contributed by atoms with Crippen LogP contribution in [0.25, 0.3) is 0 Å². The van der Waals surface area contributed by atoms with Gasteiger partial charge in [0.1, 0.15) is 0 Å². The quantitative estimate of drug-likeness (QED) is 0.733. The van der Waals surface area contributed by atoms with Gasteiger partial charge in [0.05, 0.1) is 6.26 Å². The summed E-state index contributed by atoms with van der Waals surface area (Å²) in [5.74, 6) is -0.0549. The van der Waals surface area contributed by atoms with Gasteiger partial charge in [0, 0.05) is 30.4 Å². The minimum atomic E-state index is -3.26. The largest absolute Gasteiger partial charge is 0.336 e. The zero-order chi connectivity index (χ0) is 16.8. The van der Waals surface area contributed by atoms with Crippen molar-refractivity contribution in [3.63, 3.8) is 0 Å². The summed E-state index contributed by atoms with van der Waals surface area (Å²) in [7, 11) is -3.26. The van der Waals surface area contributed by atoms with E-state index in [4.69, 9.17) is 0 Å². The Hall–Kier alpha value is -1.05. The molecule has 0 heterocycles. The molecule has 0 aromatic heterocycles. The number of carbonyl (C=O) groups is 1. The van der Waals surface area contributed by atoms with Crippen molar-refractivity contribution in [2.24, 2.45) is 0 Å². The number of thioether (sulfide) groups is 1. The van der Waals surface area contributed by atoms with Crippen molar-refractivity contribution in [2.75, 3.05) is 19.1 Å². The third kappa shape index (κ3) is 6.81. The lowest BCUT2D eigenvalue weighted by molar-refractivity contribution is -0.133. The Morgan fingerprint density at radius 1 is 1.36 bits per heavy atom. The molecule has 0 aliphatic carbocycles. The molecule has 1 aromatic rings. The van der Waals surface area contributed by atoms with Crippen LogP contribution in [-0.2, 0) is 21.4 Å². The van der Waals surface area contributed by atoms with Crippen molar-refractivity contribution >= 4 is 27.7 Å². The molecule has 0 bridgehead atoms. The summed E-state index contributed by atoms with van der Waals surface area (Å²) < 4.78 is 24.4. The molecular formula is C15H24N2O3S2. The SMILES string of the molecule is CSc1cccc(CN(C(=O)CCNS(C)(=O)=O)C(C)C)c1. The molecule has 1 amide bonds. The Labute approximate surface area is 137 Å². The van der Waals surface area contributed by atoms with Crippen molar-refractivity contribution < 1.29 is 13.2 Å². The first-order valence-corrected chi connectivity index (χ1v) is 10.2. The van der Waals surface area contributed by atoms with Crippen molar-refractivity contribution in [1.82, 2.24) is 9.62 Å². The highest BCUT2D eigenvalue weighted by Crippen LogP contribution is 2.18. The summed E-state index contributed by atoms with van der Waals surface area (Å²) in [5.41, 5.74) is 1.07. The van der Waals surface area contributed by atoms with Gasteiger partial charge in [-0.1, -0.05) is 12.1 Å². The number of benzene rings is 1. The lowest BCUT2D eigenvalue weighted by atomic mass is 10.1. The minimum Gasteiger partial charge on any atom is -0.336 e. The summed E-state index contributed by atoms with van der Waals surface area (Å²) in [6.07, 6.45) is 3.26. The zero-order valence-corrected chi connectivity index (χ0v) is 15.1. The topological polar surface area (TPSA) is 66.5 Å². The Kier molecular flexibility index (Phi) is 7.38. The highest BCUT2D eigenvalue weighted by atomic mass is 32.2. The van der Waals surface area contributed by atoms with Gasteiger partial charge < -0.3 is 4.90 Å². The molecule has 0 radical (unpaired) electrons. The van der Waals surface area contributed by atoms with E-state index in [1.165, 1.54) is 0 Å². The molecule has 1 rings (SSSR count). The van der Waals surface area contributed by atoms with Crippen LogP contribution in [0.15, 0.2) is 29.2 Å². The number of amides is 1. The third-order valence-electron chi connectivity index (χ3n) is 3.13. The molecule has 124 valence electrons. The van der Waals surface area contributed by atoms with Crippen molar-refractivity contribution in [3.8, 4) is 0 Å². The van der Waals surface area contributed by atoms with Gasteiger partial charge in [-0.3, -0.25) is 4.79 Å². The van der Waals surface area contributed by atoms with Gasteiger partial charge in [0.25, 0.3) is 0 Å². The lowest BCUT2D eigenvalue weighted by Crippen LogP contribution is -2.38. The second kappa shape index (κ2) is 8.55. The maximum atomic E-state index is 12.3. The number of carbonyl (C=O) groups excluding carboxylic acids is 1. The second-order valence-corrected chi connectivity index (χ2v) is 8.10. The number of rotatable bonds is 8. The lowest BCUT2D eigenvalue weighted by Gasteiger charge is -2.27. The van der Waals surface area contributed by atoms with Gasteiger partial charge in [0.2, 0.25) is 15.9 Å². The van der Waals surface area contributed by atoms with Crippen LogP contribution in [0.3, 0.4) is 0 Å². The van der Waals surface area contributed by atoms with E-state index in [1.807, 2.05) is 38.3 Å². The fourth-order valence-electron chi connectivity index (χ4n) is 2.01. The molecule has 0 unspecified atom stereocenters. The van der Waals surface area contributed by atoms with Gasteiger partial charge >= 0.3 is 0 Å². The number of nitrogens with zero attached hydrogens (tertiary/aromatic N) is 1. The summed E-state index contributed by atoms with van der Waals surface area (Å²) in [5, 5.41) is 0. The van der Waals surface area contributed by atoms with Crippen molar-refractivity contribution in [2.45, 2.75) is 37.8 Å². The molecule has 0 saturated heterocycles. The molecule has 5 nitrogen and oxygen atoms in total. The Bertz CT molecular complexity index is 601. The number of sulfonamides is 1. The molecule has 0 spiro atoms. The predicted molar refractivity (Wildman–Crippen MR) is 91.4 cm³/mol. The standard InChI is InChI=1S/C15H24N2O3S2/c1-12(2)17(15(18)8-9-16-22(4,19)20)11-13-6-5-7-14(10-13)21-3/h5-7,10,12,16H,8-9,11H2,1-4H3. The average Bonchev–Trinajstić information content (AvgIpc) is 2.43. The van der Waals surface area contributed by atoms with E-state index in [9.17, 15) is 13.2 Å². The van der Waals surface area contributed by atoms with Gasteiger partial charge in [-0.25, -0.2) is 13.1 Å². The van der Waals surface area contributed by atoms with E-state index >= 15 is 0 Å². The molecule has 1 aromatic carbocycles. The van der Waals surface area contributed by atoms with E-state index in [2.05, 4.69) is 10.8 Å². The van der Waals surface area contributed by atoms with Gasteiger partial charge in [-0.05, 0) is 37.8 Å². The maximum Gasteiger partial charge on any atom is 0.224 e. The fourth-order valence-corrected chi connectivity index (χ4v) is 2.97. The summed E-state index contributed by atoms with van der Waals surface area (Å²) in [4.78, 5) is 15.2. The van der Waals surface area contributed by atoms with E-state index < -0.39 is 10.0 Å². The van der Waals surface area contributed by atoms with Crippen molar-refractivity contribution in [1.29, 1.82) is 0 Å². The molecule has 22 heavy (non-hydrogen) atoms. The van der Waals surface area contributed by atoms with Gasteiger partial charge in [0.15, 0.2) is 0 Å². The van der Waals surface area contributed by atoms with Crippen LogP contribution in [-0.4, -0.2) is 44.3 Å². The molecule has 7 heteroatoms. The van der Waals surface area contributed by atoms with E-state index in [0.29, 0.717) is 6.54 Å². The van der Waals surface area contributed by atoms with Crippen LogP contribution in [0.5, 0.6) is 0 Å². The van der Waals surface area contributed by atoms with Crippen LogP contribution >= 0.6 is 11.8 Å². The van der Waals surface area contributed by atoms with Crippen molar-refractivity contribution in [3.05, 3.63) is 29.8 Å². The first kappa shape index (κ1) is 19.0. The Morgan fingerprint density at radius 2 is 2.05 bits per heavy atom. The van der Waals surface area contributed by atoms with Crippen LogP contribution in [0.1, 0.15) is 25.8 Å². The number of hydrogen-bond donors (Lipinski definition) is 1. The normalized spacial score (nSPS) is 11.7. The van der Waals surface area contributed by atoms with Gasteiger partial charge in [-0.15, -0.1) is 11.8 Å². The van der Waals surface area contributed by atoms with Crippen LogP contribution in [0, 0.1) is 0 Å². The molecule has 0 saturated carbocycles. The summed E-state index contributed by atoms with van der Waals surface area (Å²) in [6.45, 7) is 4.58. The first-order chi connectivity index (χ1) is 10.2. The van der Waals surface area contributed by atoms with Crippen LogP contribution < -0.4 is 4.72 Å². The van der Waals surface area contributed by atoms with E-state index in [-0.39, 0.29) is 24.9 Å². The van der Waals surface area contributed by atoms with E-state index in [1.54, 1.807) is 16.7 Å². The third-order valence-corrected chi connectivity index (χ3v) is 4.59. The molecule has 0 atom stereocenters. The van der Waals surface area contributed by atoms with Crippen LogP contribution in [0.2, 0.25) is 0 Å². The molecule has 1 N–H and O–H groups in total. The minimum absolute atomic E-state index is 0.0549. The first-order valence-electron chi connectivity index (χ1n) is 7.10. The molecule has 0 aliphatic heterocycles. The molecule has 0 aliphatic rings. The zero-order valence-electron chi connectivity index (χ0n) is 13.5. The van der Waals surface area contributed by atoms with Gasteiger partial charge in [-0.2, -0.15) is 0 Å². The number of nitrogens with one attached hydrogen (secondary N) is 1. The molecule has 0 fully saturated rings.